The SMILES string of the molecule is CC(=O)OC(CC1=C(O)C(=O)OC1)C1(C)[C@H]2CCC=C(C)C2(C)C(OC(=O)C2=CC=C=C2)C(OC(=O)C2=CC=C=C2)C1(C)O. The van der Waals surface area contributed by atoms with Gasteiger partial charge < -0.3 is 29.2 Å². The van der Waals surface area contributed by atoms with Crippen LogP contribution in [0.1, 0.15) is 53.9 Å². The Hall–Kier alpha value is -4.36. The topological polar surface area (TPSA) is 146 Å². The zero-order valence-corrected chi connectivity index (χ0v) is 25.3. The van der Waals surface area contributed by atoms with E-state index in [2.05, 4.69) is 11.5 Å². The van der Waals surface area contributed by atoms with Crippen molar-refractivity contribution < 1.29 is 48.3 Å². The van der Waals surface area contributed by atoms with Crippen molar-refractivity contribution in [1.29, 1.82) is 0 Å². The highest BCUT2D eigenvalue weighted by Gasteiger charge is 2.73. The summed E-state index contributed by atoms with van der Waals surface area (Å²) in [6.45, 7) is 8.05. The molecule has 1 heterocycles. The van der Waals surface area contributed by atoms with Crippen molar-refractivity contribution in [3.8, 4) is 0 Å². The van der Waals surface area contributed by atoms with E-state index >= 15 is 0 Å². The maximum absolute atomic E-state index is 13.5. The van der Waals surface area contributed by atoms with E-state index in [-0.39, 0.29) is 29.7 Å². The van der Waals surface area contributed by atoms with Crippen molar-refractivity contribution in [2.45, 2.75) is 77.8 Å². The van der Waals surface area contributed by atoms with Crippen LogP contribution in [0.4, 0.5) is 0 Å². The van der Waals surface area contributed by atoms with Crippen LogP contribution in [0.2, 0.25) is 0 Å². The van der Waals surface area contributed by atoms with Gasteiger partial charge in [0.1, 0.15) is 18.3 Å². The average molecular weight is 605 g/mol. The number of allylic oxidation sites excluding steroid dienone is 3. The molecule has 0 saturated heterocycles. The Morgan fingerprint density at radius 3 is 2.14 bits per heavy atom. The van der Waals surface area contributed by atoms with Crippen molar-refractivity contribution in [1.82, 2.24) is 0 Å². The molecule has 1 saturated carbocycles. The van der Waals surface area contributed by atoms with Gasteiger partial charge in [-0.3, -0.25) is 4.79 Å². The Morgan fingerprint density at radius 2 is 1.64 bits per heavy atom. The lowest BCUT2D eigenvalue weighted by Crippen LogP contribution is -2.76. The molecule has 6 unspecified atom stereocenters. The number of rotatable bonds is 8. The Balaban J connectivity index is 1.68. The molecule has 0 spiro atoms. The minimum atomic E-state index is -2.00. The molecule has 0 amide bonds. The predicted octanol–water partition coefficient (Wildman–Crippen LogP) is 3.94. The summed E-state index contributed by atoms with van der Waals surface area (Å²) in [5.74, 6) is -4.06. The number of aliphatic hydroxyl groups excluding tert-OH is 1. The highest BCUT2D eigenvalue weighted by Crippen LogP contribution is 2.65. The van der Waals surface area contributed by atoms with Crippen molar-refractivity contribution in [2.24, 2.45) is 16.7 Å². The first-order valence-electron chi connectivity index (χ1n) is 14.5. The number of ether oxygens (including phenoxy) is 4. The third-order valence-electron chi connectivity index (χ3n) is 10.2. The summed E-state index contributed by atoms with van der Waals surface area (Å²) >= 11 is 0. The Kier molecular flexibility index (Phi) is 7.97. The van der Waals surface area contributed by atoms with E-state index in [0.29, 0.717) is 12.8 Å². The van der Waals surface area contributed by atoms with Crippen molar-refractivity contribution in [3.63, 3.8) is 0 Å². The molecule has 7 atom stereocenters. The molecule has 10 nitrogen and oxygen atoms in total. The molecule has 232 valence electrons. The van der Waals surface area contributed by atoms with Crippen molar-refractivity contribution in [2.75, 3.05) is 6.61 Å². The maximum Gasteiger partial charge on any atom is 0.373 e. The summed E-state index contributed by atoms with van der Waals surface area (Å²) in [7, 11) is 0. The summed E-state index contributed by atoms with van der Waals surface area (Å²) in [6.07, 6.45) is 8.40. The van der Waals surface area contributed by atoms with Gasteiger partial charge in [0.2, 0.25) is 5.76 Å². The van der Waals surface area contributed by atoms with Crippen LogP contribution in [-0.2, 0) is 38.1 Å². The molecular formula is C34H36O10. The summed E-state index contributed by atoms with van der Waals surface area (Å²) in [6, 6.07) is 0. The van der Waals surface area contributed by atoms with Crippen LogP contribution in [0.25, 0.3) is 0 Å². The fourth-order valence-corrected chi connectivity index (χ4v) is 7.44. The Bertz CT molecular complexity index is 1570. The van der Waals surface area contributed by atoms with E-state index in [4.69, 9.17) is 18.9 Å². The number of cyclic esters (lactones) is 1. The minimum absolute atomic E-state index is 0.134. The second-order valence-electron chi connectivity index (χ2n) is 12.4. The molecule has 44 heavy (non-hydrogen) atoms. The molecular weight excluding hydrogens is 568 g/mol. The third-order valence-corrected chi connectivity index (χ3v) is 10.2. The van der Waals surface area contributed by atoms with Crippen LogP contribution >= 0.6 is 0 Å². The third kappa shape index (κ3) is 4.89. The zero-order valence-electron chi connectivity index (χ0n) is 25.3. The van der Waals surface area contributed by atoms with Gasteiger partial charge in [0.25, 0.3) is 0 Å². The van der Waals surface area contributed by atoms with E-state index in [1.54, 1.807) is 25.2 Å². The highest BCUT2D eigenvalue weighted by molar-refractivity contribution is 5.94. The van der Waals surface area contributed by atoms with Gasteiger partial charge in [-0.25, -0.2) is 14.4 Å². The van der Waals surface area contributed by atoms with Gasteiger partial charge in [-0.2, -0.15) is 0 Å². The molecule has 5 rings (SSSR count). The molecule has 0 bridgehead atoms. The van der Waals surface area contributed by atoms with E-state index < -0.39 is 70.3 Å². The fourth-order valence-electron chi connectivity index (χ4n) is 7.44. The minimum Gasteiger partial charge on any atom is -0.502 e. The van der Waals surface area contributed by atoms with Gasteiger partial charge >= 0.3 is 23.9 Å². The quantitative estimate of drug-likeness (QED) is 0.181. The maximum atomic E-state index is 13.5. The lowest BCUT2D eigenvalue weighted by molar-refractivity contribution is -0.297. The van der Waals surface area contributed by atoms with Crippen LogP contribution in [0.3, 0.4) is 0 Å². The number of hydrogen-bond acceptors (Lipinski definition) is 10. The molecule has 0 radical (unpaired) electrons. The van der Waals surface area contributed by atoms with E-state index in [9.17, 15) is 29.4 Å². The molecule has 4 aliphatic carbocycles. The number of hydrogen-bond donors (Lipinski definition) is 2. The first-order chi connectivity index (χ1) is 20.7. The second kappa shape index (κ2) is 11.3. The summed E-state index contributed by atoms with van der Waals surface area (Å²) in [4.78, 5) is 51.6. The van der Waals surface area contributed by atoms with Crippen LogP contribution in [0.5, 0.6) is 0 Å². The van der Waals surface area contributed by atoms with Crippen LogP contribution in [0, 0.1) is 16.7 Å². The molecule has 10 heteroatoms. The standard InChI is InChI=1S/C34H36O10/c1-19-11-10-16-24-32(19,3)27(43-29(37)21-12-6-7-13-21)28(44-30(38)22-14-8-9-15-22)34(5,40)33(24,4)25(42-20(2)35)17-23-18-41-31(39)26(23)36/h6,8,11-15,24-25,27-28,36,40H,10,16-18H2,1-5H3/t24-,25?,27?,28?,32?,33?,34?/m0/s1. The van der Waals surface area contributed by atoms with E-state index in [0.717, 1.165) is 5.57 Å². The van der Waals surface area contributed by atoms with Crippen LogP contribution < -0.4 is 0 Å². The van der Waals surface area contributed by atoms with Gasteiger partial charge in [0.05, 0.1) is 11.1 Å². The lowest BCUT2D eigenvalue weighted by Gasteiger charge is -2.66. The number of carbonyl (C=O) groups is 4. The molecule has 1 fully saturated rings. The molecule has 0 aromatic carbocycles. The van der Waals surface area contributed by atoms with Gasteiger partial charge in [-0.05, 0) is 69.1 Å². The molecule has 5 aliphatic rings. The summed E-state index contributed by atoms with van der Waals surface area (Å²) in [5, 5.41) is 23.2. The van der Waals surface area contributed by atoms with Gasteiger partial charge in [0.15, 0.2) is 12.2 Å². The zero-order chi connectivity index (χ0) is 32.0. The summed E-state index contributed by atoms with van der Waals surface area (Å²) < 4.78 is 23.2. The monoisotopic (exact) mass is 604 g/mol. The average Bonchev–Trinajstić information content (AvgIpc) is 3.75. The second-order valence-corrected chi connectivity index (χ2v) is 12.4. The Labute approximate surface area is 255 Å². The van der Waals surface area contributed by atoms with E-state index in [1.165, 1.54) is 32.1 Å². The number of fused-ring (bicyclic) bond motifs is 1. The fraction of sp³-hybridized carbons (Fsp3) is 0.471. The number of esters is 4. The molecule has 2 N–H and O–H groups in total. The largest absolute Gasteiger partial charge is 0.502 e. The molecule has 1 aliphatic heterocycles. The first kappa shape index (κ1) is 31.1. The van der Waals surface area contributed by atoms with E-state index in [1.807, 2.05) is 19.9 Å². The highest BCUT2D eigenvalue weighted by atomic mass is 16.6. The number of carbonyl (C=O) groups excluding carboxylic acids is 4. The Morgan fingerprint density at radius 1 is 1.05 bits per heavy atom. The lowest BCUT2D eigenvalue weighted by atomic mass is 9.42. The van der Waals surface area contributed by atoms with Gasteiger partial charge in [-0.1, -0.05) is 25.5 Å². The van der Waals surface area contributed by atoms with Crippen LogP contribution in [-0.4, -0.2) is 64.6 Å². The van der Waals surface area contributed by atoms with Gasteiger partial charge in [0, 0.05) is 29.7 Å². The predicted molar refractivity (Wildman–Crippen MR) is 155 cm³/mol. The summed E-state index contributed by atoms with van der Waals surface area (Å²) in [5.41, 5.74) is 2.72. The van der Waals surface area contributed by atoms with Gasteiger partial charge in [-0.15, -0.1) is 11.5 Å². The van der Waals surface area contributed by atoms with Crippen molar-refractivity contribution >= 4 is 23.9 Å². The van der Waals surface area contributed by atoms with Crippen LogP contribution in [0.15, 0.2) is 82.0 Å². The van der Waals surface area contributed by atoms with Crippen molar-refractivity contribution in [3.05, 3.63) is 82.0 Å². The molecule has 0 aromatic rings. The number of aliphatic hydroxyl groups is 2. The molecule has 0 aromatic heterocycles. The smallest absolute Gasteiger partial charge is 0.373 e. The first-order valence-corrected chi connectivity index (χ1v) is 14.5. The normalized spacial score (nSPS) is 34.2.